The van der Waals surface area contributed by atoms with Gasteiger partial charge in [0, 0.05) is 11.8 Å². The van der Waals surface area contributed by atoms with E-state index in [2.05, 4.69) is 5.32 Å². The van der Waals surface area contributed by atoms with Gasteiger partial charge in [-0.15, -0.1) is 0 Å². The van der Waals surface area contributed by atoms with Gasteiger partial charge in [0.2, 0.25) is 15.9 Å². The number of hydrogen-bond donors (Lipinski definition) is 1. The average molecular weight is 394 g/mol. The Labute approximate surface area is 159 Å². The number of nitrogens with one attached hydrogen (secondary N) is 1. The Bertz CT molecular complexity index is 915. The second-order valence-corrected chi connectivity index (χ2v) is 8.23. The maximum atomic E-state index is 14.1. The zero-order chi connectivity index (χ0) is 20.2. The van der Waals surface area contributed by atoms with E-state index in [0.717, 1.165) is 16.6 Å². The van der Waals surface area contributed by atoms with Crippen LogP contribution >= 0.6 is 0 Å². The molecule has 1 atom stereocenters. The normalized spacial score (nSPS) is 12.5. The topological polar surface area (TPSA) is 75.7 Å². The summed E-state index contributed by atoms with van der Waals surface area (Å²) in [4.78, 5) is 12.6. The maximum Gasteiger partial charge on any atom is 0.247 e. The van der Waals surface area contributed by atoms with Gasteiger partial charge in [-0.05, 0) is 45.0 Å². The van der Waals surface area contributed by atoms with Gasteiger partial charge in [-0.2, -0.15) is 0 Å². The van der Waals surface area contributed by atoms with Crippen LogP contribution in [0.25, 0.3) is 0 Å². The van der Waals surface area contributed by atoms with Gasteiger partial charge < -0.3 is 10.1 Å². The van der Waals surface area contributed by atoms with Gasteiger partial charge in [0.1, 0.15) is 17.6 Å². The first-order chi connectivity index (χ1) is 12.6. The predicted molar refractivity (Wildman–Crippen MR) is 104 cm³/mol. The third-order valence-corrected chi connectivity index (χ3v) is 4.88. The highest BCUT2D eigenvalue weighted by molar-refractivity contribution is 7.92. The Balaban J connectivity index is 2.27. The largest absolute Gasteiger partial charge is 0.491 e. The van der Waals surface area contributed by atoms with Crippen LogP contribution in [0.2, 0.25) is 0 Å². The molecule has 6 nitrogen and oxygen atoms in total. The first-order valence-corrected chi connectivity index (χ1v) is 10.3. The number of anilines is 2. The molecule has 0 heterocycles. The van der Waals surface area contributed by atoms with Crippen molar-refractivity contribution in [2.24, 2.45) is 0 Å². The zero-order valence-corrected chi connectivity index (χ0v) is 16.5. The summed E-state index contributed by atoms with van der Waals surface area (Å²) in [6.45, 7) is 5.16. The number of carbonyl (C=O) groups is 1. The van der Waals surface area contributed by atoms with Crippen LogP contribution in [0, 0.1) is 5.82 Å². The molecule has 0 unspecified atom stereocenters. The summed E-state index contributed by atoms with van der Waals surface area (Å²) in [6, 6.07) is 11.0. The van der Waals surface area contributed by atoms with E-state index < -0.39 is 27.8 Å². The number of hydrogen-bond acceptors (Lipinski definition) is 4. The van der Waals surface area contributed by atoms with Gasteiger partial charge in [0.05, 0.1) is 18.0 Å². The lowest BCUT2D eigenvalue weighted by molar-refractivity contribution is -0.116. The number of nitrogens with zero attached hydrogens (tertiary/aromatic N) is 1. The van der Waals surface area contributed by atoms with Gasteiger partial charge >= 0.3 is 0 Å². The second-order valence-electron chi connectivity index (χ2n) is 6.37. The quantitative estimate of drug-likeness (QED) is 0.781. The van der Waals surface area contributed by atoms with E-state index in [4.69, 9.17) is 4.74 Å². The number of rotatable bonds is 7. The molecular weight excluding hydrogens is 371 g/mol. The first kappa shape index (κ1) is 20.7. The van der Waals surface area contributed by atoms with E-state index >= 15 is 0 Å². The monoisotopic (exact) mass is 394 g/mol. The van der Waals surface area contributed by atoms with Crippen molar-refractivity contribution in [1.29, 1.82) is 0 Å². The van der Waals surface area contributed by atoms with E-state index in [-0.39, 0.29) is 11.8 Å². The van der Waals surface area contributed by atoms with E-state index in [0.29, 0.717) is 11.4 Å². The highest BCUT2D eigenvalue weighted by Gasteiger charge is 2.31. The molecule has 8 heteroatoms. The van der Waals surface area contributed by atoms with Crippen molar-refractivity contribution < 1.29 is 22.3 Å². The molecule has 0 spiro atoms. The van der Waals surface area contributed by atoms with Crippen molar-refractivity contribution in [3.05, 3.63) is 54.3 Å². The molecule has 1 N–H and O–H groups in total. The third kappa shape index (κ3) is 5.43. The standard InChI is InChI=1S/C19H23FN2O4S/c1-13(2)26-16-9-7-8-15(12-16)21-19(23)14(3)22(27(4,24)25)18-11-6-5-10-17(18)20/h5-14H,1-4H3,(H,21,23)/t14-/m0/s1. The van der Waals surface area contributed by atoms with Crippen molar-refractivity contribution in [3.8, 4) is 5.75 Å². The molecule has 0 saturated carbocycles. The SMILES string of the molecule is CC(C)Oc1cccc(NC(=O)[C@H](C)N(c2ccccc2F)S(C)(=O)=O)c1. The molecule has 1 amide bonds. The van der Waals surface area contributed by atoms with Crippen LogP contribution in [0.3, 0.4) is 0 Å². The molecule has 0 aliphatic carbocycles. The van der Waals surface area contributed by atoms with Crippen molar-refractivity contribution >= 4 is 27.3 Å². The highest BCUT2D eigenvalue weighted by atomic mass is 32.2. The number of para-hydroxylation sites is 1. The summed E-state index contributed by atoms with van der Waals surface area (Å²) >= 11 is 0. The molecule has 0 fully saturated rings. The molecule has 27 heavy (non-hydrogen) atoms. The van der Waals surface area contributed by atoms with E-state index in [1.165, 1.54) is 25.1 Å². The number of halogens is 1. The minimum absolute atomic E-state index is 0.0309. The Kier molecular flexibility index (Phi) is 6.43. The van der Waals surface area contributed by atoms with Crippen LogP contribution in [-0.4, -0.2) is 32.7 Å². The van der Waals surface area contributed by atoms with Crippen LogP contribution in [0.4, 0.5) is 15.8 Å². The fourth-order valence-corrected chi connectivity index (χ4v) is 3.75. The summed E-state index contributed by atoms with van der Waals surface area (Å²) < 4.78 is 44.9. The lowest BCUT2D eigenvalue weighted by Crippen LogP contribution is -2.45. The van der Waals surface area contributed by atoms with E-state index in [1.54, 1.807) is 24.3 Å². The maximum absolute atomic E-state index is 14.1. The predicted octanol–water partition coefficient (Wildman–Crippen LogP) is 3.41. The smallest absolute Gasteiger partial charge is 0.247 e. The fraction of sp³-hybridized carbons (Fsp3) is 0.316. The summed E-state index contributed by atoms with van der Waals surface area (Å²) in [6.07, 6.45) is 0.900. The Hall–Kier alpha value is -2.61. The highest BCUT2D eigenvalue weighted by Crippen LogP contribution is 2.25. The lowest BCUT2D eigenvalue weighted by Gasteiger charge is -2.28. The van der Waals surface area contributed by atoms with Crippen molar-refractivity contribution in [2.75, 3.05) is 15.9 Å². The molecule has 2 rings (SSSR count). The van der Waals surface area contributed by atoms with Crippen LogP contribution in [0.1, 0.15) is 20.8 Å². The fourth-order valence-electron chi connectivity index (χ4n) is 2.58. The number of amides is 1. The van der Waals surface area contributed by atoms with Crippen LogP contribution in [0.5, 0.6) is 5.75 Å². The molecule has 0 radical (unpaired) electrons. The molecule has 0 bridgehead atoms. The Morgan fingerprint density at radius 2 is 1.78 bits per heavy atom. The van der Waals surface area contributed by atoms with Gasteiger partial charge in [-0.25, -0.2) is 12.8 Å². The number of sulfonamides is 1. The van der Waals surface area contributed by atoms with Crippen LogP contribution in [0.15, 0.2) is 48.5 Å². The average Bonchev–Trinajstić information content (AvgIpc) is 2.55. The summed E-state index contributed by atoms with van der Waals surface area (Å²) in [5.74, 6) is -0.746. The lowest BCUT2D eigenvalue weighted by atomic mass is 10.2. The van der Waals surface area contributed by atoms with Gasteiger partial charge in [0.15, 0.2) is 0 Å². The van der Waals surface area contributed by atoms with Crippen molar-refractivity contribution in [3.63, 3.8) is 0 Å². The first-order valence-electron chi connectivity index (χ1n) is 8.41. The number of carbonyl (C=O) groups excluding carboxylic acids is 1. The molecule has 0 saturated heterocycles. The molecule has 0 aliphatic heterocycles. The molecule has 2 aromatic rings. The number of ether oxygens (including phenoxy) is 1. The van der Waals surface area contributed by atoms with Crippen molar-refractivity contribution in [2.45, 2.75) is 32.9 Å². The molecular formula is C19H23FN2O4S. The summed E-state index contributed by atoms with van der Waals surface area (Å²) in [7, 11) is -3.89. The molecule has 0 aromatic heterocycles. The zero-order valence-electron chi connectivity index (χ0n) is 15.6. The van der Waals surface area contributed by atoms with E-state index in [1.807, 2.05) is 13.8 Å². The number of benzene rings is 2. The van der Waals surface area contributed by atoms with Gasteiger partial charge in [-0.3, -0.25) is 9.10 Å². The molecule has 2 aromatic carbocycles. The molecule has 146 valence electrons. The van der Waals surface area contributed by atoms with Gasteiger partial charge in [0.25, 0.3) is 0 Å². The summed E-state index contributed by atoms with van der Waals surface area (Å²) in [5, 5.41) is 2.65. The third-order valence-electron chi connectivity index (χ3n) is 3.65. The minimum Gasteiger partial charge on any atom is -0.491 e. The minimum atomic E-state index is -3.89. The summed E-state index contributed by atoms with van der Waals surface area (Å²) in [5.41, 5.74) is 0.270. The van der Waals surface area contributed by atoms with Gasteiger partial charge in [-0.1, -0.05) is 18.2 Å². The van der Waals surface area contributed by atoms with E-state index in [9.17, 15) is 17.6 Å². The Morgan fingerprint density at radius 3 is 2.37 bits per heavy atom. The Morgan fingerprint density at radius 1 is 1.11 bits per heavy atom. The molecule has 0 aliphatic rings. The second kappa shape index (κ2) is 8.39. The van der Waals surface area contributed by atoms with Crippen molar-refractivity contribution in [1.82, 2.24) is 0 Å². The van der Waals surface area contributed by atoms with Crippen LogP contribution < -0.4 is 14.4 Å². The van der Waals surface area contributed by atoms with Crippen LogP contribution in [-0.2, 0) is 14.8 Å².